The first-order chi connectivity index (χ1) is 20.0. The van der Waals surface area contributed by atoms with E-state index < -0.39 is 28.6 Å². The maximum atomic E-state index is 13.5. The minimum Gasteiger partial charge on any atom is -0.488 e. The van der Waals surface area contributed by atoms with Crippen molar-refractivity contribution < 1.29 is 36.8 Å². The summed E-state index contributed by atoms with van der Waals surface area (Å²) in [5.41, 5.74) is -1.20. The van der Waals surface area contributed by atoms with Crippen molar-refractivity contribution >= 4 is 17.2 Å². The van der Waals surface area contributed by atoms with Crippen LogP contribution in [0.1, 0.15) is 43.7 Å². The van der Waals surface area contributed by atoms with Gasteiger partial charge in [-0.25, -0.2) is 4.39 Å². The van der Waals surface area contributed by atoms with Crippen LogP contribution in [-0.4, -0.2) is 77.7 Å². The van der Waals surface area contributed by atoms with Crippen LogP contribution >= 0.6 is 0 Å². The third-order valence-electron chi connectivity index (χ3n) is 8.18. The number of nitrogens with one attached hydrogen (secondary N) is 1. The molecule has 0 spiro atoms. The molecular weight excluding hydrogens is 560 g/mol. The summed E-state index contributed by atoms with van der Waals surface area (Å²) in [7, 11) is 0. The number of piperazine rings is 1. The van der Waals surface area contributed by atoms with Crippen molar-refractivity contribution in [2.45, 2.75) is 69.7 Å². The number of anilines is 1. The van der Waals surface area contributed by atoms with E-state index in [1.807, 2.05) is 4.90 Å². The zero-order valence-electron chi connectivity index (χ0n) is 23.2. The first-order valence-electron chi connectivity index (χ1n) is 14.2. The SMILES string of the molecule is CC(=O)C(OC1CCC(Nc2ccc([N+](=O)[O-])c(C(F)(F)F)c2)CC1)N1CCN(CC2Cc3cc(F)ccc3O2)CC1. The monoisotopic (exact) mass is 594 g/mol. The van der Waals surface area contributed by atoms with Crippen LogP contribution in [0.5, 0.6) is 5.75 Å². The average Bonchev–Trinajstić information content (AvgIpc) is 3.33. The molecule has 13 heteroatoms. The Morgan fingerprint density at radius 2 is 1.83 bits per heavy atom. The van der Waals surface area contributed by atoms with Crippen molar-refractivity contribution in [3.63, 3.8) is 0 Å². The van der Waals surface area contributed by atoms with E-state index in [-0.39, 0.29) is 35.5 Å². The first kappa shape index (κ1) is 30.2. The topological polar surface area (TPSA) is 97.2 Å². The van der Waals surface area contributed by atoms with Gasteiger partial charge in [0.25, 0.3) is 5.69 Å². The molecule has 5 rings (SSSR count). The number of hydrogen-bond donors (Lipinski definition) is 1. The maximum Gasteiger partial charge on any atom is 0.423 e. The highest BCUT2D eigenvalue weighted by Gasteiger charge is 2.39. The second kappa shape index (κ2) is 12.5. The molecule has 2 atom stereocenters. The number of benzene rings is 2. The molecule has 1 saturated carbocycles. The third kappa shape index (κ3) is 7.19. The molecule has 2 unspecified atom stereocenters. The number of nitro groups is 1. The molecule has 9 nitrogen and oxygen atoms in total. The number of carbonyl (C=O) groups is 1. The summed E-state index contributed by atoms with van der Waals surface area (Å²) < 4.78 is 65.8. The highest BCUT2D eigenvalue weighted by molar-refractivity contribution is 5.80. The Balaban J connectivity index is 1.08. The fourth-order valence-electron chi connectivity index (χ4n) is 6.07. The minimum atomic E-state index is -4.84. The van der Waals surface area contributed by atoms with Crippen LogP contribution in [-0.2, 0) is 22.1 Å². The number of carbonyl (C=O) groups excluding carboxylic acids is 1. The normalized spacial score (nSPS) is 24.1. The van der Waals surface area contributed by atoms with Gasteiger partial charge in [0, 0.05) is 62.5 Å². The molecule has 0 aromatic heterocycles. The second-order valence-corrected chi connectivity index (χ2v) is 11.2. The highest BCUT2D eigenvalue weighted by Crippen LogP contribution is 2.38. The van der Waals surface area contributed by atoms with Crippen LogP contribution in [0.15, 0.2) is 36.4 Å². The summed E-state index contributed by atoms with van der Waals surface area (Å²) in [6, 6.07) is 7.41. The second-order valence-electron chi connectivity index (χ2n) is 11.2. The number of Topliss-reactive ketones (excluding diaryl/α,β-unsaturated/α-hetero) is 1. The molecule has 2 fully saturated rings. The van der Waals surface area contributed by atoms with Gasteiger partial charge in [-0.05, 0) is 62.9 Å². The van der Waals surface area contributed by atoms with Gasteiger partial charge in [-0.1, -0.05) is 0 Å². The number of fused-ring (bicyclic) bond motifs is 1. The summed E-state index contributed by atoms with van der Waals surface area (Å²) in [5.74, 6) is 0.385. The van der Waals surface area contributed by atoms with E-state index in [1.165, 1.54) is 25.1 Å². The Bertz CT molecular complexity index is 1290. The summed E-state index contributed by atoms with van der Waals surface area (Å²) in [4.78, 5) is 26.8. The smallest absolute Gasteiger partial charge is 0.423 e. The molecule has 2 aromatic rings. The number of alkyl halides is 3. The van der Waals surface area contributed by atoms with E-state index in [4.69, 9.17) is 9.47 Å². The lowest BCUT2D eigenvalue weighted by Gasteiger charge is -2.40. The van der Waals surface area contributed by atoms with Crippen LogP contribution in [0.25, 0.3) is 0 Å². The van der Waals surface area contributed by atoms with Gasteiger partial charge in [-0.15, -0.1) is 0 Å². The molecule has 2 aromatic carbocycles. The number of hydrogen-bond acceptors (Lipinski definition) is 8. The van der Waals surface area contributed by atoms with Crippen LogP contribution in [0.4, 0.5) is 28.9 Å². The number of nitrogens with zero attached hydrogens (tertiary/aromatic N) is 3. The maximum absolute atomic E-state index is 13.5. The number of halogens is 4. The molecule has 42 heavy (non-hydrogen) atoms. The molecule has 228 valence electrons. The van der Waals surface area contributed by atoms with Crippen molar-refractivity contribution in [3.8, 4) is 5.75 Å². The summed E-state index contributed by atoms with van der Waals surface area (Å²) in [5, 5.41) is 14.1. The van der Waals surface area contributed by atoms with Gasteiger partial charge in [-0.3, -0.25) is 24.7 Å². The summed E-state index contributed by atoms with van der Waals surface area (Å²) >= 11 is 0. The Morgan fingerprint density at radius 1 is 1.12 bits per heavy atom. The predicted molar refractivity (Wildman–Crippen MR) is 146 cm³/mol. The standard InChI is InChI=1S/C29H34F4N4O5/c1-18(38)28(36-12-10-35(11-13-36)17-24-15-19-14-20(30)2-9-27(19)41-24)42-23-6-3-21(4-7-23)34-22-5-8-26(37(39)40)25(16-22)29(31,32)33/h2,5,8-9,14,16,21,23-24,28,34H,3-4,6-7,10-13,15,17H2,1H3. The van der Waals surface area contributed by atoms with E-state index >= 15 is 0 Å². The van der Waals surface area contributed by atoms with Crippen molar-refractivity contribution in [3.05, 3.63) is 63.5 Å². The number of ketones is 1. The zero-order chi connectivity index (χ0) is 30.0. The zero-order valence-corrected chi connectivity index (χ0v) is 23.2. The Morgan fingerprint density at radius 3 is 2.48 bits per heavy atom. The molecule has 3 aliphatic rings. The molecule has 0 radical (unpaired) electrons. The molecule has 1 N–H and O–H groups in total. The summed E-state index contributed by atoms with van der Waals surface area (Å²) in [6.07, 6.45) is -2.55. The summed E-state index contributed by atoms with van der Waals surface area (Å²) in [6.45, 7) is 5.01. The van der Waals surface area contributed by atoms with Crippen molar-refractivity contribution in [1.29, 1.82) is 0 Å². The van der Waals surface area contributed by atoms with Crippen LogP contribution in [0, 0.1) is 15.9 Å². The molecule has 2 heterocycles. The third-order valence-corrected chi connectivity index (χ3v) is 8.18. The first-order valence-corrected chi connectivity index (χ1v) is 14.2. The van der Waals surface area contributed by atoms with Gasteiger partial charge in [0.15, 0.2) is 12.0 Å². The highest BCUT2D eigenvalue weighted by atomic mass is 19.4. The quantitative estimate of drug-likeness (QED) is 0.246. The number of rotatable bonds is 9. The van der Waals surface area contributed by atoms with E-state index in [1.54, 1.807) is 6.07 Å². The van der Waals surface area contributed by atoms with Gasteiger partial charge < -0.3 is 14.8 Å². The van der Waals surface area contributed by atoms with Gasteiger partial charge in [-0.2, -0.15) is 13.2 Å². The molecule has 1 saturated heterocycles. The van der Waals surface area contributed by atoms with Crippen molar-refractivity contribution in [1.82, 2.24) is 9.80 Å². The van der Waals surface area contributed by atoms with Crippen LogP contribution in [0.3, 0.4) is 0 Å². The predicted octanol–water partition coefficient (Wildman–Crippen LogP) is 5.03. The molecule has 1 aliphatic carbocycles. The van der Waals surface area contributed by atoms with E-state index in [0.717, 1.165) is 36.5 Å². The minimum absolute atomic E-state index is 0.0388. The van der Waals surface area contributed by atoms with Crippen molar-refractivity contribution in [2.24, 2.45) is 0 Å². The lowest BCUT2D eigenvalue weighted by molar-refractivity contribution is -0.388. The lowest BCUT2D eigenvalue weighted by atomic mass is 9.92. The average molecular weight is 595 g/mol. The fourth-order valence-corrected chi connectivity index (χ4v) is 6.07. The van der Waals surface area contributed by atoms with Crippen molar-refractivity contribution in [2.75, 3.05) is 38.0 Å². The Kier molecular flexibility index (Phi) is 9.00. The van der Waals surface area contributed by atoms with Gasteiger partial charge >= 0.3 is 6.18 Å². The number of nitro benzene ring substituents is 1. The molecular formula is C29H34F4N4O5. The lowest BCUT2D eigenvalue weighted by Crippen LogP contribution is -2.55. The Labute approximate surface area is 240 Å². The molecule has 2 aliphatic heterocycles. The van der Waals surface area contributed by atoms with Gasteiger partial charge in [0.05, 0.1) is 11.0 Å². The van der Waals surface area contributed by atoms with E-state index in [2.05, 4.69) is 10.2 Å². The largest absolute Gasteiger partial charge is 0.488 e. The number of ether oxygens (including phenoxy) is 2. The Hall–Kier alpha value is -3.29. The van der Waals surface area contributed by atoms with Gasteiger partial charge in [0.2, 0.25) is 0 Å². The fraction of sp³-hybridized carbons (Fsp3) is 0.552. The van der Waals surface area contributed by atoms with Gasteiger partial charge in [0.1, 0.15) is 23.2 Å². The van der Waals surface area contributed by atoms with E-state index in [0.29, 0.717) is 51.7 Å². The van der Waals surface area contributed by atoms with Crippen LogP contribution in [0.2, 0.25) is 0 Å². The molecule has 0 bridgehead atoms. The molecule has 0 amide bonds. The van der Waals surface area contributed by atoms with E-state index in [9.17, 15) is 32.5 Å². The van der Waals surface area contributed by atoms with Crippen LogP contribution < -0.4 is 10.1 Å².